The molecule has 25 heavy (non-hydrogen) atoms. The van der Waals surface area contributed by atoms with Gasteiger partial charge in [-0.2, -0.15) is 10.4 Å². The lowest BCUT2D eigenvalue weighted by Crippen LogP contribution is -2.64. The molecule has 1 aromatic rings. The Labute approximate surface area is 148 Å². The fourth-order valence-electron chi connectivity index (χ4n) is 3.11. The van der Waals surface area contributed by atoms with Gasteiger partial charge in [-0.3, -0.25) is 8.89 Å². The smallest absolute Gasteiger partial charge is 0.130 e. The van der Waals surface area contributed by atoms with Crippen LogP contribution >= 0.6 is 0 Å². The normalized spacial score (nSPS) is 23.5. The Morgan fingerprint density at radius 1 is 1.56 bits per heavy atom. The number of amidine groups is 1. The molecule has 8 heteroatoms. The molecule has 0 saturated carbocycles. The molecule has 2 aliphatic rings. The van der Waals surface area contributed by atoms with Crippen LogP contribution < -0.4 is 5.73 Å². The lowest BCUT2D eigenvalue weighted by Gasteiger charge is -2.49. The molecule has 0 radical (unpaired) electrons. The summed E-state index contributed by atoms with van der Waals surface area (Å²) < 4.78 is 16.1. The SMILES string of the molecule is C=S(=O)(CC)N1CC(CC#N)(n2cc(/C(C)=C3\C=CN=C3N)cn2)C1. The molecule has 1 fully saturated rings. The highest BCUT2D eigenvalue weighted by atomic mass is 32.2. The zero-order valence-corrected chi connectivity index (χ0v) is 15.3. The van der Waals surface area contributed by atoms with Gasteiger partial charge in [0.15, 0.2) is 0 Å². The number of allylic oxidation sites excluding steroid dienone is 1. The Bertz CT molecular complexity index is 923. The Balaban J connectivity index is 1.89. The summed E-state index contributed by atoms with van der Waals surface area (Å²) in [6.07, 6.45) is 7.55. The minimum absolute atomic E-state index is 0.309. The van der Waals surface area contributed by atoms with Gasteiger partial charge in [0.25, 0.3) is 0 Å². The maximum atomic E-state index is 12.4. The van der Waals surface area contributed by atoms with Crippen LogP contribution in [0.4, 0.5) is 0 Å². The van der Waals surface area contributed by atoms with E-state index in [0.717, 1.165) is 16.7 Å². The number of hydrogen-bond acceptors (Lipinski definition) is 5. The second-order valence-corrected chi connectivity index (χ2v) is 9.10. The van der Waals surface area contributed by atoms with E-state index < -0.39 is 15.2 Å². The minimum atomic E-state index is -2.26. The van der Waals surface area contributed by atoms with Gasteiger partial charge in [-0.1, -0.05) is 6.92 Å². The molecule has 1 aromatic heterocycles. The van der Waals surface area contributed by atoms with E-state index in [1.807, 2.05) is 35.1 Å². The Kier molecular flexibility index (Phi) is 4.31. The molecule has 1 unspecified atom stereocenters. The van der Waals surface area contributed by atoms with Crippen molar-refractivity contribution < 1.29 is 4.21 Å². The average molecular weight is 358 g/mol. The largest absolute Gasteiger partial charge is 0.383 e. The molecular formula is C17H22N6OS. The number of aromatic nitrogens is 2. The van der Waals surface area contributed by atoms with Gasteiger partial charge in [0.1, 0.15) is 11.4 Å². The summed E-state index contributed by atoms with van der Waals surface area (Å²) >= 11 is 0. The third-order valence-corrected chi connectivity index (χ3v) is 7.01. The first-order chi connectivity index (χ1) is 11.8. The topological polar surface area (TPSA) is 100 Å². The number of nitrogens with two attached hydrogens (primary N) is 1. The number of hydrogen-bond donors (Lipinski definition) is 1. The third kappa shape index (κ3) is 2.90. The van der Waals surface area contributed by atoms with Crippen molar-refractivity contribution in [3.63, 3.8) is 0 Å². The van der Waals surface area contributed by atoms with E-state index in [1.54, 1.807) is 12.4 Å². The fourth-order valence-corrected chi connectivity index (χ4v) is 4.42. The molecule has 0 aromatic carbocycles. The lowest BCUT2D eigenvalue weighted by atomic mass is 9.89. The zero-order valence-electron chi connectivity index (χ0n) is 14.5. The highest BCUT2D eigenvalue weighted by Crippen LogP contribution is 2.35. The van der Waals surface area contributed by atoms with E-state index in [2.05, 4.69) is 22.0 Å². The summed E-state index contributed by atoms with van der Waals surface area (Å²) in [6.45, 7) is 4.86. The van der Waals surface area contributed by atoms with Gasteiger partial charge in [-0.25, -0.2) is 9.30 Å². The molecule has 1 saturated heterocycles. The van der Waals surface area contributed by atoms with Gasteiger partial charge in [0.05, 0.1) is 18.7 Å². The van der Waals surface area contributed by atoms with Crippen LogP contribution in [0, 0.1) is 11.3 Å². The first-order valence-corrected chi connectivity index (χ1v) is 9.92. The number of nitrogens with zero attached hydrogens (tertiary/aromatic N) is 5. The second-order valence-electron chi connectivity index (χ2n) is 6.46. The van der Waals surface area contributed by atoms with E-state index in [9.17, 15) is 9.47 Å². The number of aliphatic imine (C=N–C) groups is 1. The number of rotatable bonds is 5. The van der Waals surface area contributed by atoms with Crippen LogP contribution in [0.2, 0.25) is 0 Å². The summed E-state index contributed by atoms with van der Waals surface area (Å²) in [6, 6.07) is 2.24. The summed E-state index contributed by atoms with van der Waals surface area (Å²) in [5, 5.41) is 13.7. The van der Waals surface area contributed by atoms with Gasteiger partial charge in [0.2, 0.25) is 0 Å². The third-order valence-electron chi connectivity index (χ3n) is 4.91. The molecule has 7 nitrogen and oxygen atoms in total. The summed E-state index contributed by atoms with van der Waals surface area (Å²) in [7, 11) is -2.26. The maximum absolute atomic E-state index is 12.4. The van der Waals surface area contributed by atoms with Gasteiger partial charge in [-0.15, -0.1) is 0 Å². The predicted molar refractivity (Wildman–Crippen MR) is 101 cm³/mol. The molecular weight excluding hydrogens is 336 g/mol. The van der Waals surface area contributed by atoms with Crippen molar-refractivity contribution in [1.29, 1.82) is 5.26 Å². The Morgan fingerprint density at radius 3 is 2.84 bits per heavy atom. The van der Waals surface area contributed by atoms with Gasteiger partial charge in [0, 0.05) is 52.1 Å². The molecule has 0 spiro atoms. The van der Waals surface area contributed by atoms with Crippen molar-refractivity contribution in [2.24, 2.45) is 10.7 Å². The van der Waals surface area contributed by atoms with Crippen LogP contribution in [0.5, 0.6) is 0 Å². The van der Waals surface area contributed by atoms with Crippen molar-refractivity contribution in [3.8, 4) is 6.07 Å². The van der Waals surface area contributed by atoms with Crippen LogP contribution in [0.15, 0.2) is 35.2 Å². The van der Waals surface area contributed by atoms with E-state index >= 15 is 0 Å². The lowest BCUT2D eigenvalue weighted by molar-refractivity contribution is 0.0759. The molecule has 2 aliphatic heterocycles. The molecule has 0 aliphatic carbocycles. The van der Waals surface area contributed by atoms with Gasteiger partial charge < -0.3 is 5.73 Å². The van der Waals surface area contributed by atoms with Crippen LogP contribution in [0.25, 0.3) is 5.57 Å². The molecule has 0 bridgehead atoms. The molecule has 3 heterocycles. The van der Waals surface area contributed by atoms with E-state index in [-0.39, 0.29) is 0 Å². The summed E-state index contributed by atoms with van der Waals surface area (Å²) in [4.78, 5) is 4.06. The quantitative estimate of drug-likeness (QED) is 0.797. The zero-order chi connectivity index (χ0) is 18.2. The standard InChI is InChI=1S/C17H22N6OS/c1-4-25(3,24)22-11-17(12-22,6-7-18)23-10-14(9-21-23)13(2)15-5-8-20-16(15)19/h5,8-10H,3-4,6,11-12H2,1-2H3,(H2,19,20)/b15-13+. The molecule has 3 rings (SSSR count). The molecule has 0 amide bonds. The van der Waals surface area contributed by atoms with Crippen LogP contribution in [-0.2, 0) is 15.2 Å². The van der Waals surface area contributed by atoms with Gasteiger partial charge >= 0.3 is 0 Å². The molecule has 1 atom stereocenters. The highest BCUT2D eigenvalue weighted by Gasteiger charge is 2.48. The average Bonchev–Trinajstić information content (AvgIpc) is 3.19. The number of nitriles is 1. The minimum Gasteiger partial charge on any atom is -0.383 e. The van der Waals surface area contributed by atoms with E-state index in [4.69, 9.17) is 5.73 Å². The van der Waals surface area contributed by atoms with Crippen molar-refractivity contribution in [2.75, 3.05) is 18.8 Å². The fraction of sp³-hybridized carbons (Fsp3) is 0.412. The van der Waals surface area contributed by atoms with E-state index in [0.29, 0.717) is 31.1 Å². The van der Waals surface area contributed by atoms with Crippen LogP contribution in [0.1, 0.15) is 25.8 Å². The highest BCUT2D eigenvalue weighted by molar-refractivity contribution is 7.98. The maximum Gasteiger partial charge on any atom is 0.130 e. The monoisotopic (exact) mass is 358 g/mol. The van der Waals surface area contributed by atoms with Crippen LogP contribution in [0.3, 0.4) is 0 Å². The first-order valence-electron chi connectivity index (χ1n) is 8.06. The van der Waals surface area contributed by atoms with Crippen molar-refractivity contribution in [2.45, 2.75) is 25.8 Å². The van der Waals surface area contributed by atoms with Crippen molar-refractivity contribution in [1.82, 2.24) is 14.1 Å². The molecule has 2 N–H and O–H groups in total. The predicted octanol–water partition coefficient (Wildman–Crippen LogP) is 1.12. The Morgan fingerprint density at radius 2 is 2.28 bits per heavy atom. The van der Waals surface area contributed by atoms with E-state index in [1.165, 1.54) is 0 Å². The molecule has 132 valence electrons. The van der Waals surface area contributed by atoms with Crippen LogP contribution in [-0.4, -0.2) is 48.8 Å². The van der Waals surface area contributed by atoms with Crippen molar-refractivity contribution in [3.05, 3.63) is 35.8 Å². The second kappa shape index (κ2) is 6.17. The van der Waals surface area contributed by atoms with Crippen molar-refractivity contribution >= 4 is 27.0 Å². The summed E-state index contributed by atoms with van der Waals surface area (Å²) in [5.74, 6) is 4.81. The first kappa shape index (κ1) is 17.5. The Hall–Kier alpha value is -2.37. The summed E-state index contributed by atoms with van der Waals surface area (Å²) in [5.41, 5.74) is 8.23. The van der Waals surface area contributed by atoms with Gasteiger partial charge in [-0.05, 0) is 24.4 Å².